The summed E-state index contributed by atoms with van der Waals surface area (Å²) in [5, 5.41) is 17.4. The Morgan fingerprint density at radius 2 is 2.03 bits per heavy atom. The minimum atomic E-state index is -0.689. The second kappa shape index (κ2) is 9.06. The molecule has 2 aromatic rings. The fourth-order valence-electron chi connectivity index (χ4n) is 4.26. The number of pyridine rings is 1. The molecule has 3 N–H and O–H groups in total. The van der Waals surface area contributed by atoms with Crippen LogP contribution >= 0.6 is 0 Å². The Hall–Kier alpha value is -2.24. The van der Waals surface area contributed by atoms with Gasteiger partial charge in [-0.1, -0.05) is 50.2 Å². The molecule has 1 aromatic heterocycles. The zero-order valence-electron chi connectivity index (χ0n) is 17.9. The van der Waals surface area contributed by atoms with Crippen molar-refractivity contribution in [1.29, 1.82) is 0 Å². The van der Waals surface area contributed by atoms with Crippen LogP contribution in [-0.4, -0.2) is 34.7 Å². The predicted molar refractivity (Wildman–Crippen MR) is 116 cm³/mol. The lowest BCUT2D eigenvalue weighted by Gasteiger charge is -2.37. The molecule has 156 valence electrons. The highest BCUT2D eigenvalue weighted by atomic mass is 16.3. The van der Waals surface area contributed by atoms with Gasteiger partial charge in [0.05, 0.1) is 12.1 Å². The first-order valence-corrected chi connectivity index (χ1v) is 10.4. The standard InChI is InChI=1S/C24H33N3O2/c1-16-10-19-21(25-14-16)12-24(3,4)13-22(19)26-15-23(29)20(27-17(2)28)11-18-8-6-5-7-9-18/h5-10,14,20,22-23,26,29H,11-13,15H2,1-4H3,(H,27,28)/t20-,22-,23+/m0/s1. The maximum atomic E-state index is 11.7. The second-order valence-electron chi connectivity index (χ2n) is 9.12. The zero-order chi connectivity index (χ0) is 21.0. The molecule has 1 aliphatic rings. The van der Waals surface area contributed by atoms with Gasteiger partial charge in [0.2, 0.25) is 5.91 Å². The van der Waals surface area contributed by atoms with Crippen LogP contribution in [0.2, 0.25) is 0 Å². The molecule has 0 spiro atoms. The van der Waals surface area contributed by atoms with Gasteiger partial charge in [-0.3, -0.25) is 9.78 Å². The van der Waals surface area contributed by atoms with Gasteiger partial charge in [0.1, 0.15) is 0 Å². The minimum absolute atomic E-state index is 0.131. The van der Waals surface area contributed by atoms with Crippen molar-refractivity contribution < 1.29 is 9.90 Å². The number of nitrogens with one attached hydrogen (secondary N) is 2. The highest BCUT2D eigenvalue weighted by Gasteiger charge is 2.33. The van der Waals surface area contributed by atoms with Gasteiger partial charge in [0, 0.05) is 31.4 Å². The van der Waals surface area contributed by atoms with Crippen molar-refractivity contribution in [3.63, 3.8) is 0 Å². The summed E-state index contributed by atoms with van der Waals surface area (Å²) >= 11 is 0. The number of rotatable bonds is 7. The molecule has 1 heterocycles. The van der Waals surface area contributed by atoms with Crippen LogP contribution in [0.1, 0.15) is 55.6 Å². The Bertz CT molecular complexity index is 835. The normalized spacial score (nSPS) is 19.8. The van der Waals surface area contributed by atoms with Gasteiger partial charge >= 0.3 is 0 Å². The monoisotopic (exact) mass is 395 g/mol. The SMILES string of the molecule is CC(=O)N[C@@H](Cc1ccccc1)[C@H](O)CN[C@H]1CC(C)(C)Cc2ncc(C)cc21. The van der Waals surface area contributed by atoms with Crippen LogP contribution in [0.4, 0.5) is 0 Å². The van der Waals surface area contributed by atoms with Gasteiger partial charge in [-0.05, 0) is 48.3 Å². The van der Waals surface area contributed by atoms with E-state index in [0.29, 0.717) is 13.0 Å². The summed E-state index contributed by atoms with van der Waals surface area (Å²) < 4.78 is 0. The summed E-state index contributed by atoms with van der Waals surface area (Å²) in [7, 11) is 0. The molecule has 3 atom stereocenters. The number of amides is 1. The van der Waals surface area contributed by atoms with E-state index >= 15 is 0 Å². The van der Waals surface area contributed by atoms with Crippen molar-refractivity contribution in [2.75, 3.05) is 6.54 Å². The molecule has 0 radical (unpaired) electrons. The number of fused-ring (bicyclic) bond motifs is 1. The molecule has 1 aromatic carbocycles. The fourth-order valence-corrected chi connectivity index (χ4v) is 4.26. The van der Waals surface area contributed by atoms with Gasteiger partial charge < -0.3 is 15.7 Å². The number of hydrogen-bond acceptors (Lipinski definition) is 4. The number of hydrogen-bond donors (Lipinski definition) is 3. The third kappa shape index (κ3) is 5.87. The van der Waals surface area contributed by atoms with Crippen molar-refractivity contribution in [3.05, 3.63) is 65.0 Å². The molecule has 29 heavy (non-hydrogen) atoms. The number of aliphatic hydroxyl groups is 1. The van der Waals surface area contributed by atoms with Crippen LogP contribution in [0, 0.1) is 12.3 Å². The molecule has 5 nitrogen and oxygen atoms in total. The number of benzene rings is 1. The van der Waals surface area contributed by atoms with E-state index < -0.39 is 6.10 Å². The Kier molecular flexibility index (Phi) is 6.70. The van der Waals surface area contributed by atoms with Crippen LogP contribution in [0.15, 0.2) is 42.6 Å². The minimum Gasteiger partial charge on any atom is -0.390 e. The number of carbonyl (C=O) groups excluding carboxylic acids is 1. The van der Waals surface area contributed by atoms with Crippen molar-refractivity contribution in [1.82, 2.24) is 15.6 Å². The lowest BCUT2D eigenvalue weighted by molar-refractivity contribution is -0.120. The van der Waals surface area contributed by atoms with Crippen molar-refractivity contribution in [2.24, 2.45) is 5.41 Å². The predicted octanol–water partition coefficient (Wildman–Crippen LogP) is 3.10. The van der Waals surface area contributed by atoms with E-state index in [2.05, 4.69) is 42.5 Å². The number of aryl methyl sites for hydroxylation is 1. The average Bonchev–Trinajstić information content (AvgIpc) is 2.65. The number of nitrogens with zero attached hydrogens (tertiary/aromatic N) is 1. The number of aromatic nitrogens is 1. The van der Waals surface area contributed by atoms with Crippen LogP contribution in [0.5, 0.6) is 0 Å². The maximum Gasteiger partial charge on any atom is 0.217 e. The first kappa shape index (κ1) is 21.5. The Balaban J connectivity index is 1.71. The molecular weight excluding hydrogens is 362 g/mol. The molecule has 0 bridgehead atoms. The largest absolute Gasteiger partial charge is 0.390 e. The van der Waals surface area contributed by atoms with Crippen molar-refractivity contribution >= 4 is 5.91 Å². The first-order valence-electron chi connectivity index (χ1n) is 10.4. The lowest BCUT2D eigenvalue weighted by atomic mass is 9.73. The van der Waals surface area contributed by atoms with E-state index in [0.717, 1.165) is 29.7 Å². The molecule has 0 aliphatic heterocycles. The molecule has 0 saturated carbocycles. The van der Waals surface area contributed by atoms with Crippen LogP contribution in [0.3, 0.4) is 0 Å². The Morgan fingerprint density at radius 1 is 1.31 bits per heavy atom. The second-order valence-corrected chi connectivity index (χ2v) is 9.12. The Labute approximate surface area is 174 Å². The molecule has 0 unspecified atom stereocenters. The van der Waals surface area contributed by atoms with E-state index in [1.54, 1.807) is 0 Å². The van der Waals surface area contributed by atoms with E-state index in [4.69, 9.17) is 0 Å². The summed E-state index contributed by atoms with van der Waals surface area (Å²) in [5.74, 6) is -0.131. The van der Waals surface area contributed by atoms with Crippen molar-refractivity contribution in [2.45, 2.75) is 65.1 Å². The van der Waals surface area contributed by atoms with Gasteiger partial charge in [-0.25, -0.2) is 0 Å². The molecular formula is C24H33N3O2. The average molecular weight is 396 g/mol. The number of carbonyl (C=O) groups is 1. The quantitative estimate of drug-likeness (QED) is 0.673. The molecule has 5 heteroatoms. The van der Waals surface area contributed by atoms with E-state index in [9.17, 15) is 9.90 Å². The Morgan fingerprint density at radius 3 is 2.72 bits per heavy atom. The molecule has 1 amide bonds. The van der Waals surface area contributed by atoms with E-state index in [1.165, 1.54) is 12.5 Å². The smallest absolute Gasteiger partial charge is 0.217 e. The highest BCUT2D eigenvalue weighted by Crippen LogP contribution is 2.40. The van der Waals surface area contributed by atoms with Gasteiger partial charge in [-0.2, -0.15) is 0 Å². The zero-order valence-corrected chi connectivity index (χ0v) is 17.9. The molecule has 3 rings (SSSR count). The molecule has 0 fully saturated rings. The molecule has 0 saturated heterocycles. The topological polar surface area (TPSA) is 74.2 Å². The van der Waals surface area contributed by atoms with Crippen LogP contribution < -0.4 is 10.6 Å². The fraction of sp³-hybridized carbons (Fsp3) is 0.500. The summed E-state index contributed by atoms with van der Waals surface area (Å²) in [6.07, 6.45) is 3.79. The van der Waals surface area contributed by atoms with E-state index in [-0.39, 0.29) is 23.4 Å². The lowest BCUT2D eigenvalue weighted by Crippen LogP contribution is -2.49. The van der Waals surface area contributed by atoms with Crippen molar-refractivity contribution in [3.8, 4) is 0 Å². The van der Waals surface area contributed by atoms with E-state index in [1.807, 2.05) is 36.5 Å². The third-order valence-electron chi connectivity index (χ3n) is 5.64. The van der Waals surface area contributed by atoms with Gasteiger partial charge in [0.15, 0.2) is 0 Å². The van der Waals surface area contributed by atoms with Gasteiger partial charge in [0.25, 0.3) is 0 Å². The molecule has 1 aliphatic carbocycles. The van der Waals surface area contributed by atoms with Crippen LogP contribution in [-0.2, 0) is 17.6 Å². The summed E-state index contributed by atoms with van der Waals surface area (Å²) in [4.78, 5) is 16.4. The van der Waals surface area contributed by atoms with Crippen LogP contribution in [0.25, 0.3) is 0 Å². The maximum absolute atomic E-state index is 11.7. The first-order chi connectivity index (χ1) is 13.7. The third-order valence-corrected chi connectivity index (χ3v) is 5.64. The highest BCUT2D eigenvalue weighted by molar-refractivity contribution is 5.73. The summed E-state index contributed by atoms with van der Waals surface area (Å²) in [6.45, 7) is 8.49. The van der Waals surface area contributed by atoms with Gasteiger partial charge in [-0.15, -0.1) is 0 Å². The summed E-state index contributed by atoms with van der Waals surface area (Å²) in [6, 6.07) is 12.0. The number of aliphatic hydroxyl groups excluding tert-OH is 1. The summed E-state index contributed by atoms with van der Waals surface area (Å²) in [5.41, 5.74) is 4.77.